The Balaban J connectivity index is 2.02. The summed E-state index contributed by atoms with van der Waals surface area (Å²) in [6.07, 6.45) is 0. The minimum absolute atomic E-state index is 0.201. The average Bonchev–Trinajstić information content (AvgIpc) is 2.48. The number of nitrogens with one attached hydrogen (secondary N) is 1. The fraction of sp³-hybridized carbons (Fsp3) is 0.368. The highest BCUT2D eigenvalue weighted by atomic mass is 16.5. The summed E-state index contributed by atoms with van der Waals surface area (Å²) in [7, 11) is 1.97. The Kier molecular flexibility index (Phi) is 5.40. The Bertz CT molecular complexity index is 560. The van der Waals surface area contributed by atoms with Gasteiger partial charge in [0, 0.05) is 0 Å². The van der Waals surface area contributed by atoms with E-state index in [1.165, 1.54) is 16.7 Å². The highest BCUT2D eigenvalue weighted by molar-refractivity contribution is 5.29. The van der Waals surface area contributed by atoms with Crippen LogP contribution >= 0.6 is 0 Å². The van der Waals surface area contributed by atoms with E-state index in [9.17, 15) is 0 Å². The number of hydrogen-bond acceptors (Lipinski definition) is 2. The smallest absolute Gasteiger partial charge is 0.119 e. The predicted molar refractivity (Wildman–Crippen MR) is 89.0 cm³/mol. The predicted octanol–water partition coefficient (Wildman–Crippen LogP) is 4.46. The largest absolute Gasteiger partial charge is 0.492 e. The van der Waals surface area contributed by atoms with Crippen LogP contribution in [-0.2, 0) is 0 Å². The van der Waals surface area contributed by atoms with Crippen molar-refractivity contribution >= 4 is 0 Å². The molecule has 112 valence electrons. The fourth-order valence-electron chi connectivity index (χ4n) is 2.34. The summed E-state index contributed by atoms with van der Waals surface area (Å²) in [6.45, 7) is 7.13. The zero-order valence-electron chi connectivity index (χ0n) is 13.4. The lowest BCUT2D eigenvalue weighted by molar-refractivity contribution is 0.273. The minimum atomic E-state index is 0.201. The molecule has 0 amide bonds. The third-order valence-corrected chi connectivity index (χ3v) is 3.76. The summed E-state index contributed by atoms with van der Waals surface area (Å²) in [5, 5.41) is 3.33. The van der Waals surface area contributed by atoms with Crippen molar-refractivity contribution in [3.8, 4) is 5.75 Å². The van der Waals surface area contributed by atoms with E-state index in [0.29, 0.717) is 12.5 Å². The molecule has 0 aliphatic heterocycles. The molecule has 0 fully saturated rings. The molecule has 1 N–H and O–H groups in total. The second-order valence-corrected chi connectivity index (χ2v) is 5.79. The molecule has 0 aliphatic rings. The topological polar surface area (TPSA) is 21.3 Å². The SMILES string of the molecule is CNC(COc1cccc(C)c1)c1ccc(C(C)C)cc1. The number of likely N-dealkylation sites (N-methyl/N-ethyl adjacent to an activating group) is 1. The molecule has 2 nitrogen and oxygen atoms in total. The second kappa shape index (κ2) is 7.28. The minimum Gasteiger partial charge on any atom is -0.492 e. The fourth-order valence-corrected chi connectivity index (χ4v) is 2.34. The molecule has 0 bridgehead atoms. The van der Waals surface area contributed by atoms with Crippen LogP contribution in [0.4, 0.5) is 0 Å². The van der Waals surface area contributed by atoms with Crippen molar-refractivity contribution in [2.24, 2.45) is 0 Å². The zero-order chi connectivity index (χ0) is 15.2. The van der Waals surface area contributed by atoms with Gasteiger partial charge >= 0.3 is 0 Å². The van der Waals surface area contributed by atoms with Gasteiger partial charge in [0.05, 0.1) is 6.04 Å². The van der Waals surface area contributed by atoms with Crippen LogP contribution in [0.5, 0.6) is 5.75 Å². The third-order valence-electron chi connectivity index (χ3n) is 3.76. The Morgan fingerprint density at radius 1 is 1.00 bits per heavy atom. The molecular formula is C19H25NO. The summed E-state index contributed by atoms with van der Waals surface area (Å²) < 4.78 is 5.91. The van der Waals surface area contributed by atoms with Crippen molar-refractivity contribution in [2.75, 3.05) is 13.7 Å². The van der Waals surface area contributed by atoms with Gasteiger partial charge in [0.1, 0.15) is 12.4 Å². The normalized spacial score (nSPS) is 12.4. The molecule has 0 heterocycles. The molecule has 0 aromatic heterocycles. The Morgan fingerprint density at radius 2 is 1.67 bits per heavy atom. The molecule has 2 aromatic rings. The first-order valence-corrected chi connectivity index (χ1v) is 7.56. The van der Waals surface area contributed by atoms with Crippen LogP contribution in [-0.4, -0.2) is 13.7 Å². The van der Waals surface area contributed by atoms with Gasteiger partial charge in [0.25, 0.3) is 0 Å². The van der Waals surface area contributed by atoms with Crippen LogP contribution in [0, 0.1) is 6.92 Å². The van der Waals surface area contributed by atoms with E-state index in [1.54, 1.807) is 0 Å². The molecule has 2 aromatic carbocycles. The molecule has 21 heavy (non-hydrogen) atoms. The average molecular weight is 283 g/mol. The van der Waals surface area contributed by atoms with Crippen LogP contribution < -0.4 is 10.1 Å². The lowest BCUT2D eigenvalue weighted by Gasteiger charge is -2.18. The summed E-state index contributed by atoms with van der Waals surface area (Å²) in [5.74, 6) is 1.49. The molecule has 2 heteroatoms. The van der Waals surface area contributed by atoms with E-state index in [4.69, 9.17) is 4.74 Å². The van der Waals surface area contributed by atoms with Crippen molar-refractivity contribution in [3.05, 3.63) is 65.2 Å². The first-order valence-electron chi connectivity index (χ1n) is 7.56. The first-order chi connectivity index (χ1) is 10.1. The number of ether oxygens (including phenoxy) is 1. The Labute approximate surface area is 128 Å². The van der Waals surface area contributed by atoms with Gasteiger partial charge in [-0.1, -0.05) is 50.2 Å². The maximum atomic E-state index is 5.91. The van der Waals surface area contributed by atoms with Crippen LogP contribution in [0.25, 0.3) is 0 Å². The summed E-state index contributed by atoms with van der Waals surface area (Å²) in [5.41, 5.74) is 3.84. The van der Waals surface area contributed by atoms with Gasteiger partial charge in [0.2, 0.25) is 0 Å². The van der Waals surface area contributed by atoms with Crippen LogP contribution in [0.15, 0.2) is 48.5 Å². The van der Waals surface area contributed by atoms with Crippen molar-refractivity contribution in [3.63, 3.8) is 0 Å². The maximum Gasteiger partial charge on any atom is 0.119 e. The van der Waals surface area contributed by atoms with Crippen molar-refractivity contribution in [2.45, 2.75) is 32.7 Å². The zero-order valence-corrected chi connectivity index (χ0v) is 13.4. The Hall–Kier alpha value is -1.80. The highest BCUT2D eigenvalue weighted by Crippen LogP contribution is 2.20. The second-order valence-electron chi connectivity index (χ2n) is 5.79. The molecule has 0 saturated carbocycles. The van der Waals surface area contributed by atoms with Crippen molar-refractivity contribution in [1.29, 1.82) is 0 Å². The highest BCUT2D eigenvalue weighted by Gasteiger charge is 2.10. The molecule has 0 saturated heterocycles. The van der Waals surface area contributed by atoms with E-state index in [-0.39, 0.29) is 6.04 Å². The van der Waals surface area contributed by atoms with Crippen LogP contribution in [0.1, 0.15) is 42.5 Å². The van der Waals surface area contributed by atoms with E-state index >= 15 is 0 Å². The first kappa shape index (κ1) is 15.6. The van der Waals surface area contributed by atoms with Gasteiger partial charge in [-0.15, -0.1) is 0 Å². The van der Waals surface area contributed by atoms with Gasteiger partial charge in [0.15, 0.2) is 0 Å². The monoisotopic (exact) mass is 283 g/mol. The molecule has 1 unspecified atom stereocenters. The molecule has 2 rings (SSSR count). The van der Waals surface area contributed by atoms with Crippen LogP contribution in [0.3, 0.4) is 0 Å². The standard InChI is InChI=1S/C19H25NO/c1-14(2)16-8-10-17(11-9-16)19(20-4)13-21-18-7-5-6-15(3)12-18/h5-12,14,19-20H,13H2,1-4H3. The summed E-state index contributed by atoms with van der Waals surface area (Å²) in [4.78, 5) is 0. The molecule has 1 atom stereocenters. The van der Waals surface area contributed by atoms with E-state index in [2.05, 4.69) is 62.5 Å². The number of aryl methyl sites for hydroxylation is 1. The van der Waals surface area contributed by atoms with Gasteiger partial charge in [-0.05, 0) is 48.7 Å². The van der Waals surface area contributed by atoms with E-state index in [0.717, 1.165) is 5.75 Å². The van der Waals surface area contributed by atoms with E-state index < -0.39 is 0 Å². The molecule has 0 radical (unpaired) electrons. The van der Waals surface area contributed by atoms with Crippen molar-refractivity contribution < 1.29 is 4.74 Å². The van der Waals surface area contributed by atoms with E-state index in [1.807, 2.05) is 19.2 Å². The number of hydrogen-bond donors (Lipinski definition) is 1. The Morgan fingerprint density at radius 3 is 2.24 bits per heavy atom. The molecule has 0 spiro atoms. The van der Waals surface area contributed by atoms with Gasteiger partial charge in [-0.2, -0.15) is 0 Å². The quantitative estimate of drug-likeness (QED) is 0.845. The van der Waals surface area contributed by atoms with Gasteiger partial charge in [-0.25, -0.2) is 0 Å². The lowest BCUT2D eigenvalue weighted by Crippen LogP contribution is -2.23. The molecule has 0 aliphatic carbocycles. The van der Waals surface area contributed by atoms with Gasteiger partial charge in [-0.3, -0.25) is 0 Å². The maximum absolute atomic E-state index is 5.91. The van der Waals surface area contributed by atoms with Crippen LogP contribution in [0.2, 0.25) is 0 Å². The molecular weight excluding hydrogens is 258 g/mol. The third kappa shape index (κ3) is 4.33. The van der Waals surface area contributed by atoms with Crippen molar-refractivity contribution in [1.82, 2.24) is 5.32 Å². The lowest BCUT2D eigenvalue weighted by atomic mass is 9.99. The number of benzene rings is 2. The van der Waals surface area contributed by atoms with Gasteiger partial charge < -0.3 is 10.1 Å². The summed E-state index contributed by atoms with van der Waals surface area (Å²) >= 11 is 0. The summed E-state index contributed by atoms with van der Waals surface area (Å²) in [6, 6.07) is 17.2. The number of rotatable bonds is 6.